The maximum atomic E-state index is 11.7. The molecule has 0 saturated carbocycles. The van der Waals surface area contributed by atoms with Crippen LogP contribution in [0.1, 0.15) is 15.2 Å². The number of nitrogens with zero attached hydrogens (tertiary/aromatic N) is 1. The van der Waals surface area contributed by atoms with Gasteiger partial charge in [-0.2, -0.15) is 0 Å². The summed E-state index contributed by atoms with van der Waals surface area (Å²) in [5.41, 5.74) is 1.01. The first-order chi connectivity index (χ1) is 7.77. The maximum Gasteiger partial charge on any atom is 0.247 e. The van der Waals surface area contributed by atoms with Crippen molar-refractivity contribution in [3.63, 3.8) is 0 Å². The Morgan fingerprint density at radius 3 is 2.88 bits per heavy atom. The number of aryl methyl sites for hydroxylation is 1. The number of carbonyl (C=O) groups is 1. The molecule has 0 bridgehead atoms. The van der Waals surface area contributed by atoms with Crippen LogP contribution in [-0.4, -0.2) is 37.0 Å². The third-order valence-corrected chi connectivity index (χ3v) is 3.42. The average molecular weight is 235 g/mol. The van der Waals surface area contributed by atoms with E-state index in [4.69, 9.17) is 4.74 Å². The SMILES string of the molecule is Cc1ccsc1C(=O)C#CN1CCOCC1. The van der Waals surface area contributed by atoms with E-state index in [0.29, 0.717) is 13.2 Å². The third kappa shape index (κ3) is 2.63. The van der Waals surface area contributed by atoms with Crippen LogP contribution in [0.25, 0.3) is 0 Å². The Bertz CT molecular complexity index is 435. The zero-order valence-electron chi connectivity index (χ0n) is 9.16. The summed E-state index contributed by atoms with van der Waals surface area (Å²) in [6.07, 6.45) is 0. The number of hydrogen-bond acceptors (Lipinski definition) is 4. The Balaban J connectivity index is 2.02. The van der Waals surface area contributed by atoms with Gasteiger partial charge in [-0.1, -0.05) is 0 Å². The fourth-order valence-corrected chi connectivity index (χ4v) is 2.29. The van der Waals surface area contributed by atoms with Crippen molar-refractivity contribution in [3.05, 3.63) is 21.9 Å². The predicted octanol–water partition coefficient (Wildman–Crippen LogP) is 1.53. The number of carbonyl (C=O) groups excluding carboxylic acids is 1. The Morgan fingerprint density at radius 2 is 2.25 bits per heavy atom. The Morgan fingerprint density at radius 1 is 1.50 bits per heavy atom. The summed E-state index contributed by atoms with van der Waals surface area (Å²) >= 11 is 1.45. The lowest BCUT2D eigenvalue weighted by atomic mass is 10.2. The van der Waals surface area contributed by atoms with E-state index in [9.17, 15) is 4.79 Å². The van der Waals surface area contributed by atoms with E-state index in [-0.39, 0.29) is 5.78 Å². The highest BCUT2D eigenvalue weighted by Gasteiger charge is 2.09. The summed E-state index contributed by atoms with van der Waals surface area (Å²) in [6, 6.07) is 4.84. The van der Waals surface area contributed by atoms with Gasteiger partial charge in [0, 0.05) is 25.1 Å². The molecule has 0 atom stereocenters. The fraction of sp³-hybridized carbons (Fsp3) is 0.417. The molecule has 1 aromatic heterocycles. The topological polar surface area (TPSA) is 29.5 Å². The summed E-state index contributed by atoms with van der Waals surface area (Å²) in [6.45, 7) is 4.88. The zero-order chi connectivity index (χ0) is 11.4. The molecule has 0 N–H and O–H groups in total. The van der Waals surface area contributed by atoms with Crippen molar-refractivity contribution in [1.82, 2.24) is 4.90 Å². The minimum Gasteiger partial charge on any atom is -0.378 e. The minimum absolute atomic E-state index is 0.0843. The van der Waals surface area contributed by atoms with Gasteiger partial charge in [-0.05, 0) is 23.9 Å². The molecule has 0 aliphatic carbocycles. The second-order valence-electron chi connectivity index (χ2n) is 3.60. The standard InChI is InChI=1S/C12H13NO2S/c1-10-3-9-16-12(10)11(14)2-4-13-5-7-15-8-6-13/h3,9H,5-8H2,1H3. The van der Waals surface area contributed by atoms with E-state index < -0.39 is 0 Å². The Kier molecular flexibility index (Phi) is 3.60. The number of hydrogen-bond donors (Lipinski definition) is 0. The first-order valence-corrected chi connectivity index (χ1v) is 6.08. The van der Waals surface area contributed by atoms with Gasteiger partial charge in [0.2, 0.25) is 5.78 Å². The van der Waals surface area contributed by atoms with Gasteiger partial charge in [-0.3, -0.25) is 4.79 Å². The number of thiophene rings is 1. The molecule has 0 aromatic carbocycles. The van der Waals surface area contributed by atoms with E-state index >= 15 is 0 Å². The molecule has 1 aliphatic heterocycles. The van der Waals surface area contributed by atoms with Crippen molar-refractivity contribution in [1.29, 1.82) is 0 Å². The van der Waals surface area contributed by atoms with E-state index in [1.807, 2.05) is 23.3 Å². The van der Waals surface area contributed by atoms with Crippen LogP contribution in [0, 0.1) is 18.9 Å². The van der Waals surface area contributed by atoms with Gasteiger partial charge in [0.05, 0.1) is 18.1 Å². The van der Waals surface area contributed by atoms with E-state index in [1.165, 1.54) is 11.3 Å². The molecule has 1 fully saturated rings. The number of ether oxygens (including phenoxy) is 1. The van der Waals surface area contributed by atoms with Crippen molar-refractivity contribution in [2.75, 3.05) is 26.3 Å². The molecule has 0 amide bonds. The van der Waals surface area contributed by atoms with Crippen LogP contribution < -0.4 is 0 Å². The van der Waals surface area contributed by atoms with Crippen LogP contribution >= 0.6 is 11.3 Å². The predicted molar refractivity (Wildman–Crippen MR) is 63.6 cm³/mol. The number of rotatable bonds is 1. The molecule has 3 nitrogen and oxygen atoms in total. The lowest BCUT2D eigenvalue weighted by Gasteiger charge is -2.22. The van der Waals surface area contributed by atoms with Crippen LogP contribution in [0.5, 0.6) is 0 Å². The second-order valence-corrected chi connectivity index (χ2v) is 4.51. The van der Waals surface area contributed by atoms with E-state index in [1.54, 1.807) is 0 Å². The van der Waals surface area contributed by atoms with Gasteiger partial charge >= 0.3 is 0 Å². The molecule has 1 saturated heterocycles. The summed E-state index contributed by atoms with van der Waals surface area (Å²) in [5, 5.41) is 1.92. The van der Waals surface area contributed by atoms with Gasteiger partial charge in [0.25, 0.3) is 0 Å². The summed E-state index contributed by atoms with van der Waals surface area (Å²) in [4.78, 5) is 14.4. The molecule has 84 valence electrons. The largest absolute Gasteiger partial charge is 0.378 e. The molecular formula is C12H13NO2S. The number of morpholine rings is 1. The zero-order valence-corrected chi connectivity index (χ0v) is 9.97. The van der Waals surface area contributed by atoms with Crippen LogP contribution in [0.3, 0.4) is 0 Å². The molecule has 0 spiro atoms. The van der Waals surface area contributed by atoms with Gasteiger partial charge < -0.3 is 9.64 Å². The first kappa shape index (κ1) is 11.2. The average Bonchev–Trinajstić information content (AvgIpc) is 2.74. The maximum absolute atomic E-state index is 11.7. The molecular weight excluding hydrogens is 222 g/mol. The third-order valence-electron chi connectivity index (χ3n) is 2.41. The normalized spacial score (nSPS) is 15.4. The molecule has 1 aliphatic rings. The van der Waals surface area contributed by atoms with Gasteiger partial charge in [0.15, 0.2) is 0 Å². The number of Topliss-reactive ketones (excluding diaryl/α,β-unsaturated/α-hetero) is 1. The van der Waals surface area contributed by atoms with Crippen LogP contribution in [0.15, 0.2) is 11.4 Å². The molecule has 2 rings (SSSR count). The molecule has 2 heterocycles. The number of ketones is 1. The Hall–Kier alpha value is -1.31. The quantitative estimate of drug-likeness (QED) is 0.546. The lowest BCUT2D eigenvalue weighted by Crippen LogP contribution is -2.32. The van der Waals surface area contributed by atoms with Crippen molar-refractivity contribution in [2.24, 2.45) is 0 Å². The summed E-state index contributed by atoms with van der Waals surface area (Å²) < 4.78 is 5.21. The van der Waals surface area contributed by atoms with Crippen molar-refractivity contribution in [2.45, 2.75) is 6.92 Å². The minimum atomic E-state index is -0.0843. The summed E-state index contributed by atoms with van der Waals surface area (Å²) in [5.74, 6) is 2.60. The molecule has 1 aromatic rings. The van der Waals surface area contributed by atoms with Gasteiger partial charge in [0.1, 0.15) is 0 Å². The summed E-state index contributed by atoms with van der Waals surface area (Å²) in [7, 11) is 0. The van der Waals surface area contributed by atoms with Gasteiger partial charge in [-0.15, -0.1) is 11.3 Å². The van der Waals surface area contributed by atoms with Crippen molar-refractivity contribution in [3.8, 4) is 12.0 Å². The van der Waals surface area contributed by atoms with Crippen molar-refractivity contribution < 1.29 is 9.53 Å². The monoisotopic (exact) mass is 235 g/mol. The smallest absolute Gasteiger partial charge is 0.247 e. The Labute approximate surface area is 99.0 Å². The fourth-order valence-electron chi connectivity index (χ4n) is 1.47. The van der Waals surface area contributed by atoms with Crippen LogP contribution in [0.2, 0.25) is 0 Å². The second kappa shape index (κ2) is 5.15. The highest BCUT2D eigenvalue weighted by atomic mass is 32.1. The molecule has 4 heteroatoms. The van der Waals surface area contributed by atoms with E-state index in [0.717, 1.165) is 23.5 Å². The molecule has 0 radical (unpaired) electrons. The van der Waals surface area contributed by atoms with Crippen molar-refractivity contribution >= 4 is 17.1 Å². The van der Waals surface area contributed by atoms with Gasteiger partial charge in [-0.25, -0.2) is 0 Å². The highest BCUT2D eigenvalue weighted by Crippen LogP contribution is 2.15. The molecule has 0 unspecified atom stereocenters. The van der Waals surface area contributed by atoms with Crippen LogP contribution in [-0.2, 0) is 4.74 Å². The first-order valence-electron chi connectivity index (χ1n) is 5.20. The van der Waals surface area contributed by atoms with E-state index in [2.05, 4.69) is 12.0 Å². The molecule has 16 heavy (non-hydrogen) atoms. The lowest BCUT2D eigenvalue weighted by molar-refractivity contribution is 0.0637. The van der Waals surface area contributed by atoms with Crippen LogP contribution in [0.4, 0.5) is 0 Å². The highest BCUT2D eigenvalue weighted by molar-refractivity contribution is 7.12.